The third-order valence-corrected chi connectivity index (χ3v) is 3.77. The minimum absolute atomic E-state index is 0.00440. The lowest BCUT2D eigenvalue weighted by molar-refractivity contribution is -0.150. The molecule has 0 aromatic carbocycles. The van der Waals surface area contributed by atoms with E-state index in [0.717, 1.165) is 18.6 Å². The van der Waals surface area contributed by atoms with Gasteiger partial charge >= 0.3 is 0 Å². The minimum atomic E-state index is -0.372. The van der Waals surface area contributed by atoms with Crippen LogP contribution in [0, 0.1) is 5.92 Å². The molecule has 0 spiro atoms. The molecule has 110 valence electrons. The molecular formula is C15H22N2O3. The number of hydrogen-bond donors (Lipinski definition) is 1. The summed E-state index contributed by atoms with van der Waals surface area (Å²) < 4.78 is 5.31. The second-order valence-electron chi connectivity index (χ2n) is 5.67. The second-order valence-corrected chi connectivity index (χ2v) is 5.67. The molecule has 20 heavy (non-hydrogen) atoms. The van der Waals surface area contributed by atoms with Crippen LogP contribution < -0.4 is 5.32 Å². The van der Waals surface area contributed by atoms with Crippen molar-refractivity contribution in [2.45, 2.75) is 45.7 Å². The van der Waals surface area contributed by atoms with Crippen LogP contribution in [0.1, 0.15) is 33.0 Å². The maximum absolute atomic E-state index is 12.1. The molecule has 1 aromatic rings. The summed E-state index contributed by atoms with van der Waals surface area (Å²) >= 11 is 0. The van der Waals surface area contributed by atoms with Crippen LogP contribution >= 0.6 is 0 Å². The number of rotatable bonds is 5. The molecule has 0 saturated carbocycles. The van der Waals surface area contributed by atoms with Crippen LogP contribution in [-0.2, 0) is 16.0 Å². The van der Waals surface area contributed by atoms with Gasteiger partial charge in [-0.05, 0) is 31.4 Å². The molecule has 1 aliphatic rings. The first-order chi connectivity index (χ1) is 9.50. The van der Waals surface area contributed by atoms with E-state index in [-0.39, 0.29) is 36.4 Å². The zero-order chi connectivity index (χ0) is 14.7. The maximum atomic E-state index is 12.1. The number of nitrogens with zero attached hydrogens (tertiary/aromatic N) is 1. The maximum Gasteiger partial charge on any atom is 0.243 e. The molecule has 2 rings (SSSR count). The normalized spacial score (nSPS) is 21.2. The first kappa shape index (κ1) is 14.6. The Morgan fingerprint density at radius 1 is 1.40 bits per heavy atom. The number of nitrogens with one attached hydrogen (secondary N) is 1. The van der Waals surface area contributed by atoms with Crippen molar-refractivity contribution in [2.24, 2.45) is 5.92 Å². The fraction of sp³-hybridized carbons (Fsp3) is 0.600. The van der Waals surface area contributed by atoms with Gasteiger partial charge in [-0.2, -0.15) is 0 Å². The highest BCUT2D eigenvalue weighted by Gasteiger charge is 2.38. The van der Waals surface area contributed by atoms with Crippen LogP contribution in [0.4, 0.5) is 0 Å². The van der Waals surface area contributed by atoms with Crippen molar-refractivity contribution in [1.29, 1.82) is 0 Å². The van der Waals surface area contributed by atoms with Gasteiger partial charge in [-0.15, -0.1) is 0 Å². The average molecular weight is 278 g/mol. The third kappa shape index (κ3) is 3.03. The lowest BCUT2D eigenvalue weighted by atomic mass is 9.96. The number of amides is 2. The van der Waals surface area contributed by atoms with Crippen molar-refractivity contribution in [3.63, 3.8) is 0 Å². The molecule has 2 atom stereocenters. The number of aryl methyl sites for hydroxylation is 1. The summed E-state index contributed by atoms with van der Waals surface area (Å²) in [4.78, 5) is 25.9. The van der Waals surface area contributed by atoms with Gasteiger partial charge in [0.25, 0.3) is 0 Å². The van der Waals surface area contributed by atoms with Gasteiger partial charge in [0.2, 0.25) is 11.8 Å². The molecule has 1 aliphatic heterocycles. The topological polar surface area (TPSA) is 62.6 Å². The predicted octanol–water partition coefficient (Wildman–Crippen LogP) is 1.58. The predicted molar refractivity (Wildman–Crippen MR) is 75.0 cm³/mol. The van der Waals surface area contributed by atoms with Gasteiger partial charge in [0.05, 0.1) is 12.8 Å². The van der Waals surface area contributed by atoms with Gasteiger partial charge < -0.3 is 14.6 Å². The Bertz CT molecular complexity index is 467. The Morgan fingerprint density at radius 2 is 2.15 bits per heavy atom. The summed E-state index contributed by atoms with van der Waals surface area (Å²) in [6.45, 7) is 6.03. The van der Waals surface area contributed by atoms with E-state index in [2.05, 4.69) is 5.32 Å². The summed E-state index contributed by atoms with van der Waals surface area (Å²) in [5.74, 6) is 0.955. The van der Waals surface area contributed by atoms with Gasteiger partial charge in [-0.3, -0.25) is 9.59 Å². The van der Waals surface area contributed by atoms with Crippen LogP contribution in [0.3, 0.4) is 0 Å². The zero-order valence-electron chi connectivity index (χ0n) is 12.3. The van der Waals surface area contributed by atoms with E-state index < -0.39 is 0 Å². The van der Waals surface area contributed by atoms with E-state index in [1.165, 1.54) is 0 Å². The molecule has 1 N–H and O–H groups in total. The smallest absolute Gasteiger partial charge is 0.243 e. The lowest BCUT2D eigenvalue weighted by Gasteiger charge is -2.41. The molecule has 1 fully saturated rings. The van der Waals surface area contributed by atoms with Crippen molar-refractivity contribution < 1.29 is 14.0 Å². The van der Waals surface area contributed by atoms with E-state index in [4.69, 9.17) is 4.42 Å². The second kappa shape index (κ2) is 6.11. The Morgan fingerprint density at radius 3 is 2.75 bits per heavy atom. The summed E-state index contributed by atoms with van der Waals surface area (Å²) in [6.07, 6.45) is 3.20. The first-order valence-corrected chi connectivity index (χ1v) is 7.12. The highest BCUT2D eigenvalue weighted by molar-refractivity contribution is 5.95. The van der Waals surface area contributed by atoms with E-state index in [1.54, 1.807) is 11.2 Å². The average Bonchev–Trinajstić information content (AvgIpc) is 2.91. The third-order valence-electron chi connectivity index (χ3n) is 3.77. The zero-order valence-corrected chi connectivity index (χ0v) is 12.3. The monoisotopic (exact) mass is 278 g/mol. The molecule has 0 radical (unpaired) electrons. The van der Waals surface area contributed by atoms with Gasteiger partial charge in [0, 0.05) is 12.5 Å². The molecule has 0 bridgehead atoms. The van der Waals surface area contributed by atoms with Crippen LogP contribution in [0.5, 0.6) is 0 Å². The molecule has 1 saturated heterocycles. The standard InChI is InChI=1S/C15H22N2O3/c1-10(2)14-15(19)16-9-13(18)17(14)11(3)6-7-12-5-4-8-20-12/h4-5,8,10-11,14H,6-7,9H2,1-3H3,(H,16,19). The molecule has 5 nitrogen and oxygen atoms in total. The van der Waals surface area contributed by atoms with Crippen LogP contribution in [0.15, 0.2) is 22.8 Å². The van der Waals surface area contributed by atoms with Crippen molar-refractivity contribution in [1.82, 2.24) is 10.2 Å². The molecular weight excluding hydrogens is 256 g/mol. The first-order valence-electron chi connectivity index (χ1n) is 7.12. The van der Waals surface area contributed by atoms with Crippen molar-refractivity contribution in [3.8, 4) is 0 Å². The summed E-state index contributed by atoms with van der Waals surface area (Å²) in [5.41, 5.74) is 0. The minimum Gasteiger partial charge on any atom is -0.469 e. The van der Waals surface area contributed by atoms with Gasteiger partial charge in [-0.1, -0.05) is 13.8 Å². The van der Waals surface area contributed by atoms with E-state index in [9.17, 15) is 9.59 Å². The molecule has 2 heterocycles. The Labute approximate surface area is 119 Å². The van der Waals surface area contributed by atoms with Crippen molar-refractivity contribution in [3.05, 3.63) is 24.2 Å². The van der Waals surface area contributed by atoms with Gasteiger partial charge in [-0.25, -0.2) is 0 Å². The van der Waals surface area contributed by atoms with E-state index >= 15 is 0 Å². The van der Waals surface area contributed by atoms with Crippen LogP contribution in [0.25, 0.3) is 0 Å². The molecule has 2 amide bonds. The highest BCUT2D eigenvalue weighted by Crippen LogP contribution is 2.20. The SMILES string of the molecule is CC(C)C1C(=O)NCC(=O)N1C(C)CCc1ccco1. The van der Waals surface area contributed by atoms with Crippen LogP contribution in [0.2, 0.25) is 0 Å². The van der Waals surface area contributed by atoms with E-state index in [1.807, 2.05) is 32.9 Å². The quantitative estimate of drug-likeness (QED) is 0.889. The fourth-order valence-electron chi connectivity index (χ4n) is 2.73. The number of furan rings is 1. The van der Waals surface area contributed by atoms with Gasteiger partial charge in [0.1, 0.15) is 11.8 Å². The molecule has 1 aromatic heterocycles. The fourth-order valence-corrected chi connectivity index (χ4v) is 2.73. The van der Waals surface area contributed by atoms with Crippen molar-refractivity contribution >= 4 is 11.8 Å². The van der Waals surface area contributed by atoms with Crippen molar-refractivity contribution in [2.75, 3.05) is 6.54 Å². The lowest BCUT2D eigenvalue weighted by Crippen LogP contribution is -2.62. The number of carbonyl (C=O) groups excluding carboxylic acids is 2. The van der Waals surface area contributed by atoms with Crippen LogP contribution in [-0.4, -0.2) is 35.3 Å². The van der Waals surface area contributed by atoms with E-state index in [0.29, 0.717) is 0 Å². The Hall–Kier alpha value is -1.78. The number of hydrogen-bond acceptors (Lipinski definition) is 3. The summed E-state index contributed by atoms with van der Waals surface area (Å²) in [7, 11) is 0. The Kier molecular flexibility index (Phi) is 4.47. The number of carbonyl (C=O) groups is 2. The number of piperazine rings is 1. The molecule has 2 unspecified atom stereocenters. The highest BCUT2D eigenvalue weighted by atomic mass is 16.3. The molecule has 5 heteroatoms. The van der Waals surface area contributed by atoms with Gasteiger partial charge in [0.15, 0.2) is 0 Å². The molecule has 0 aliphatic carbocycles. The Balaban J connectivity index is 2.05. The summed E-state index contributed by atoms with van der Waals surface area (Å²) in [6, 6.07) is 3.43. The largest absolute Gasteiger partial charge is 0.469 e. The summed E-state index contributed by atoms with van der Waals surface area (Å²) in [5, 5.41) is 2.67.